The number of pyridine rings is 1. The van der Waals surface area contributed by atoms with Crippen LogP contribution in [0.25, 0.3) is 0 Å². The summed E-state index contributed by atoms with van der Waals surface area (Å²) in [7, 11) is 0. The van der Waals surface area contributed by atoms with Crippen LogP contribution in [0.5, 0.6) is 0 Å². The number of nitrogens with two attached hydrogens (primary N) is 1. The van der Waals surface area contributed by atoms with Crippen LogP contribution in [0.4, 0.5) is 5.69 Å². The molecule has 9 heteroatoms. The van der Waals surface area contributed by atoms with Gasteiger partial charge in [0.25, 0.3) is 11.1 Å². The largest absolute Gasteiger partial charge is 0.448 e. The smallest absolute Gasteiger partial charge is 0.405 e. The number of nitrogens with one attached hydrogen (secondary N) is 2. The molecule has 1 heterocycles. The molecule has 1 aromatic rings. The van der Waals surface area contributed by atoms with Crippen LogP contribution in [-0.4, -0.2) is 24.5 Å². The van der Waals surface area contributed by atoms with Gasteiger partial charge in [0.2, 0.25) is 0 Å². The van der Waals surface area contributed by atoms with Gasteiger partial charge in [-0.15, -0.1) is 0 Å². The van der Waals surface area contributed by atoms with E-state index in [2.05, 4.69) is 17.2 Å². The molecule has 1 fully saturated rings. The van der Waals surface area contributed by atoms with E-state index in [0.717, 1.165) is 19.3 Å². The Kier molecular flexibility index (Phi) is 6.54. The highest BCUT2D eigenvalue weighted by Gasteiger charge is 2.28. The minimum atomic E-state index is -0.836. The summed E-state index contributed by atoms with van der Waals surface area (Å²) in [4.78, 5) is 26.5. The van der Waals surface area contributed by atoms with E-state index in [-0.39, 0.29) is 38.5 Å². The van der Waals surface area contributed by atoms with Crippen molar-refractivity contribution in [1.29, 1.82) is 0 Å². The average Bonchev–Trinajstić information content (AvgIpc) is 2.56. The van der Waals surface area contributed by atoms with Crippen molar-refractivity contribution in [2.24, 2.45) is 5.92 Å². The number of rotatable bonds is 4. The zero-order chi connectivity index (χ0) is 17.9. The van der Waals surface area contributed by atoms with E-state index in [9.17, 15) is 9.59 Å². The summed E-state index contributed by atoms with van der Waals surface area (Å²) in [5, 5.41) is 2.77. The lowest BCUT2D eigenvalue weighted by Gasteiger charge is -2.29. The van der Waals surface area contributed by atoms with Crippen molar-refractivity contribution in [3.8, 4) is 0 Å². The van der Waals surface area contributed by atoms with E-state index in [4.69, 9.17) is 45.3 Å². The third-order valence-electron chi connectivity index (χ3n) is 4.12. The van der Waals surface area contributed by atoms with Gasteiger partial charge >= 0.3 is 11.7 Å². The van der Waals surface area contributed by atoms with Crippen LogP contribution < -0.4 is 16.0 Å². The van der Waals surface area contributed by atoms with Gasteiger partial charge in [0.15, 0.2) is 6.61 Å². The lowest BCUT2D eigenvalue weighted by Crippen LogP contribution is -2.43. The van der Waals surface area contributed by atoms with Gasteiger partial charge < -0.3 is 15.8 Å². The number of amides is 1. The van der Waals surface area contributed by atoms with Crippen molar-refractivity contribution in [1.82, 2.24) is 5.32 Å². The van der Waals surface area contributed by atoms with Crippen LogP contribution in [0.2, 0.25) is 15.2 Å². The number of hydrogen-bond donors (Lipinski definition) is 2. The van der Waals surface area contributed by atoms with Gasteiger partial charge in [-0.1, -0.05) is 43.0 Å². The Morgan fingerprint density at radius 1 is 1.25 bits per heavy atom. The molecule has 0 bridgehead atoms. The summed E-state index contributed by atoms with van der Waals surface area (Å²) in [6.07, 6.45) is 4.28. The summed E-state index contributed by atoms with van der Waals surface area (Å²) >= 11 is 17.6. The predicted octanol–water partition coefficient (Wildman–Crippen LogP) is 2.89. The molecule has 1 saturated carbocycles. The minimum absolute atomic E-state index is 0.0160. The number of anilines is 1. The zero-order valence-corrected chi connectivity index (χ0v) is 15.4. The number of esters is 1. The fourth-order valence-electron chi connectivity index (χ4n) is 2.69. The Morgan fingerprint density at radius 2 is 1.92 bits per heavy atom. The number of aromatic amines is 1. The number of carbonyl (C=O) groups is 2. The first-order valence-electron chi connectivity index (χ1n) is 7.63. The molecule has 0 spiro atoms. The maximum absolute atomic E-state index is 12.1. The number of halogens is 3. The Labute approximate surface area is 155 Å². The molecule has 0 unspecified atom stereocenters. The van der Waals surface area contributed by atoms with Crippen molar-refractivity contribution in [3.05, 3.63) is 20.9 Å². The van der Waals surface area contributed by atoms with Gasteiger partial charge in [0.05, 0.1) is 5.69 Å². The van der Waals surface area contributed by atoms with E-state index in [0.29, 0.717) is 5.92 Å². The molecule has 1 aliphatic carbocycles. The SMILES string of the molecule is C[C@@H]1CCCC[C@@H]1NC(=O)COC(=O)c1[nH+]c(Cl)c(Cl)c(N)c1Cl. The average molecular weight is 396 g/mol. The van der Waals surface area contributed by atoms with Crippen LogP contribution in [0.1, 0.15) is 43.1 Å². The van der Waals surface area contributed by atoms with Crippen LogP contribution >= 0.6 is 34.8 Å². The second kappa shape index (κ2) is 8.23. The zero-order valence-electron chi connectivity index (χ0n) is 13.1. The number of nitrogen functional groups attached to an aromatic ring is 1. The first-order valence-corrected chi connectivity index (χ1v) is 8.76. The van der Waals surface area contributed by atoms with E-state index in [1.54, 1.807) is 0 Å². The van der Waals surface area contributed by atoms with Crippen LogP contribution in [0.15, 0.2) is 0 Å². The van der Waals surface area contributed by atoms with E-state index in [1.165, 1.54) is 6.42 Å². The van der Waals surface area contributed by atoms with Gasteiger partial charge in [-0.3, -0.25) is 4.79 Å². The Bertz CT molecular complexity index is 655. The topological polar surface area (TPSA) is 95.6 Å². The molecule has 4 N–H and O–H groups in total. The van der Waals surface area contributed by atoms with Gasteiger partial charge in [-0.2, -0.15) is 4.98 Å². The Morgan fingerprint density at radius 3 is 2.58 bits per heavy atom. The second-order valence-electron chi connectivity index (χ2n) is 5.87. The van der Waals surface area contributed by atoms with Gasteiger partial charge in [0, 0.05) is 6.04 Å². The highest BCUT2D eigenvalue weighted by Crippen LogP contribution is 2.32. The summed E-state index contributed by atoms with van der Waals surface area (Å²) in [6, 6.07) is 0.112. The van der Waals surface area contributed by atoms with Crippen molar-refractivity contribution in [2.45, 2.75) is 38.6 Å². The first-order chi connectivity index (χ1) is 11.3. The second-order valence-corrected chi connectivity index (χ2v) is 7.00. The summed E-state index contributed by atoms with van der Waals surface area (Å²) < 4.78 is 4.97. The van der Waals surface area contributed by atoms with E-state index >= 15 is 0 Å². The van der Waals surface area contributed by atoms with Crippen LogP contribution in [0.3, 0.4) is 0 Å². The molecule has 0 aromatic carbocycles. The third-order valence-corrected chi connectivity index (χ3v) is 5.28. The summed E-state index contributed by atoms with van der Waals surface area (Å²) in [5.41, 5.74) is 5.48. The van der Waals surface area contributed by atoms with Gasteiger partial charge in [-0.25, -0.2) is 4.79 Å². The van der Waals surface area contributed by atoms with Crippen molar-refractivity contribution in [2.75, 3.05) is 12.3 Å². The van der Waals surface area contributed by atoms with Crippen LogP contribution in [-0.2, 0) is 9.53 Å². The molecule has 0 radical (unpaired) electrons. The molecule has 1 aliphatic rings. The summed E-state index contributed by atoms with van der Waals surface area (Å²) in [6.45, 7) is 1.69. The maximum Gasteiger partial charge on any atom is 0.405 e. The third kappa shape index (κ3) is 4.43. The Balaban J connectivity index is 1.94. The monoisotopic (exact) mass is 394 g/mol. The van der Waals surface area contributed by atoms with E-state index in [1.807, 2.05) is 0 Å². The predicted molar refractivity (Wildman–Crippen MR) is 92.3 cm³/mol. The number of hydrogen-bond acceptors (Lipinski definition) is 4. The molecule has 0 aliphatic heterocycles. The molecule has 2 atom stereocenters. The highest BCUT2D eigenvalue weighted by atomic mass is 35.5. The number of ether oxygens (including phenoxy) is 1. The normalized spacial score (nSPS) is 20.5. The molecule has 132 valence electrons. The van der Waals surface area contributed by atoms with E-state index < -0.39 is 12.6 Å². The Hall–Kier alpha value is -1.24. The van der Waals surface area contributed by atoms with Crippen molar-refractivity contribution in [3.63, 3.8) is 0 Å². The van der Waals surface area contributed by atoms with Crippen LogP contribution in [0, 0.1) is 5.92 Å². The molecule has 1 amide bonds. The highest BCUT2D eigenvalue weighted by molar-refractivity contribution is 6.45. The maximum atomic E-state index is 12.1. The standard InChI is InChI=1S/C15H18Cl3N3O3/c1-7-4-2-3-5-8(7)20-9(22)6-24-15(23)13-10(16)12(19)11(17)14(18)21-13/h7-8H,2-6H2,1H3,(H2,19,21)(H,20,22)/p+1/t7-,8+/m1/s1. The van der Waals surface area contributed by atoms with Gasteiger partial charge in [0.1, 0.15) is 10.0 Å². The molecule has 2 rings (SSSR count). The van der Waals surface area contributed by atoms with Crippen molar-refractivity contribution >= 4 is 52.4 Å². The molecule has 1 aromatic heterocycles. The fraction of sp³-hybridized carbons (Fsp3) is 0.533. The minimum Gasteiger partial charge on any atom is -0.448 e. The molecule has 0 saturated heterocycles. The molecule has 24 heavy (non-hydrogen) atoms. The fourth-order valence-corrected chi connectivity index (χ4v) is 3.30. The molecular weight excluding hydrogens is 377 g/mol. The summed E-state index contributed by atoms with van der Waals surface area (Å²) in [5.74, 6) is -0.778. The van der Waals surface area contributed by atoms with Crippen molar-refractivity contribution < 1.29 is 19.3 Å². The number of carbonyl (C=O) groups excluding carboxylic acids is 2. The molecule has 6 nitrogen and oxygen atoms in total. The number of aromatic nitrogens is 1. The molecular formula is C15H19Cl3N3O3+. The van der Waals surface area contributed by atoms with Gasteiger partial charge in [-0.05, 0) is 30.4 Å². The lowest BCUT2D eigenvalue weighted by atomic mass is 9.86. The number of H-pyrrole nitrogens is 1. The first kappa shape index (κ1) is 19.1. The lowest BCUT2D eigenvalue weighted by molar-refractivity contribution is -0.380. The quantitative estimate of drug-likeness (QED) is 0.605.